The quantitative estimate of drug-likeness (QED) is 0.542. The summed E-state index contributed by atoms with van der Waals surface area (Å²) in [6.45, 7) is 2.04. The van der Waals surface area contributed by atoms with Gasteiger partial charge in [0.25, 0.3) is 0 Å². The monoisotopic (exact) mass is 140 g/mol. The van der Waals surface area contributed by atoms with Gasteiger partial charge in [-0.05, 0) is 6.42 Å². The van der Waals surface area contributed by atoms with E-state index in [1.54, 1.807) is 0 Å². The second kappa shape index (κ2) is 2.95. The van der Waals surface area contributed by atoms with E-state index >= 15 is 0 Å². The van der Waals surface area contributed by atoms with Crippen molar-refractivity contribution >= 4 is 11.6 Å². The number of hydrogen-bond acceptors (Lipinski definition) is 2. The molecule has 2 heteroatoms. The van der Waals surface area contributed by atoms with Gasteiger partial charge in [-0.2, -0.15) is 0 Å². The lowest BCUT2D eigenvalue weighted by molar-refractivity contribution is -0.122. The van der Waals surface area contributed by atoms with Gasteiger partial charge < -0.3 is 0 Å². The van der Waals surface area contributed by atoms with Crippen LogP contribution in [-0.2, 0) is 9.59 Å². The minimum absolute atomic E-state index is 0.0671. The predicted molar refractivity (Wildman–Crippen MR) is 37.6 cm³/mol. The van der Waals surface area contributed by atoms with Gasteiger partial charge in [0.2, 0.25) is 0 Å². The Morgan fingerprint density at radius 3 is 2.60 bits per heavy atom. The van der Waals surface area contributed by atoms with Crippen molar-refractivity contribution in [1.82, 2.24) is 0 Å². The molecule has 1 aliphatic carbocycles. The van der Waals surface area contributed by atoms with Crippen LogP contribution in [0.2, 0.25) is 0 Å². The van der Waals surface area contributed by atoms with Crippen LogP contribution in [0.25, 0.3) is 0 Å². The van der Waals surface area contributed by atoms with Crippen LogP contribution in [0.5, 0.6) is 0 Å². The van der Waals surface area contributed by atoms with Crippen molar-refractivity contribution in [3.8, 4) is 0 Å². The highest BCUT2D eigenvalue weighted by molar-refractivity contribution is 6.06. The van der Waals surface area contributed by atoms with E-state index in [0.29, 0.717) is 6.42 Å². The lowest BCUT2D eigenvalue weighted by atomic mass is 10.0. The maximum Gasteiger partial charge on any atom is 0.143 e. The Balaban J connectivity index is 2.46. The normalized spacial score (nSPS) is 25.9. The van der Waals surface area contributed by atoms with Gasteiger partial charge in [-0.3, -0.25) is 9.59 Å². The minimum atomic E-state index is 0.0671. The molecule has 0 spiro atoms. The average molecular weight is 140 g/mol. The molecule has 0 aliphatic heterocycles. The number of carbonyl (C=O) groups excluding carboxylic acids is 2. The zero-order chi connectivity index (χ0) is 7.56. The molecule has 10 heavy (non-hydrogen) atoms. The third-order valence-electron chi connectivity index (χ3n) is 1.94. The summed E-state index contributed by atoms with van der Waals surface area (Å²) in [6, 6.07) is 0. The molecule has 0 aromatic heterocycles. The Hall–Kier alpha value is -0.660. The lowest BCUT2D eigenvalue weighted by Crippen LogP contribution is -2.04. The van der Waals surface area contributed by atoms with E-state index < -0.39 is 0 Å². The Morgan fingerprint density at radius 2 is 2.20 bits per heavy atom. The summed E-state index contributed by atoms with van der Waals surface area (Å²) >= 11 is 0. The molecule has 0 heterocycles. The highest BCUT2D eigenvalue weighted by Gasteiger charge is 2.29. The van der Waals surface area contributed by atoms with Gasteiger partial charge in [-0.25, -0.2) is 0 Å². The summed E-state index contributed by atoms with van der Waals surface area (Å²) in [6.07, 6.45) is 2.60. The van der Waals surface area contributed by atoms with Crippen LogP contribution in [0.4, 0.5) is 0 Å². The van der Waals surface area contributed by atoms with Gasteiger partial charge in [0, 0.05) is 12.3 Å². The van der Waals surface area contributed by atoms with Gasteiger partial charge in [0.1, 0.15) is 11.6 Å². The van der Waals surface area contributed by atoms with Gasteiger partial charge >= 0.3 is 0 Å². The second-order valence-electron chi connectivity index (χ2n) is 2.87. The largest absolute Gasteiger partial charge is 0.299 e. The van der Waals surface area contributed by atoms with E-state index in [2.05, 4.69) is 0 Å². The molecule has 0 saturated heterocycles. The van der Waals surface area contributed by atoms with Crippen LogP contribution in [-0.4, -0.2) is 11.6 Å². The first-order valence-electron chi connectivity index (χ1n) is 3.78. The number of Topliss-reactive ketones (excluding diaryl/α,β-unsaturated/α-hetero) is 2. The van der Waals surface area contributed by atoms with E-state index in [4.69, 9.17) is 0 Å². The summed E-state index contributed by atoms with van der Waals surface area (Å²) < 4.78 is 0. The topological polar surface area (TPSA) is 34.1 Å². The van der Waals surface area contributed by atoms with Crippen LogP contribution in [0.15, 0.2) is 0 Å². The molecule has 0 aromatic carbocycles. The Kier molecular flexibility index (Phi) is 2.20. The summed E-state index contributed by atoms with van der Waals surface area (Å²) in [5, 5.41) is 0. The molecule has 1 aliphatic rings. The molecule has 1 fully saturated rings. The van der Waals surface area contributed by atoms with E-state index in [-0.39, 0.29) is 23.9 Å². The molecule has 0 radical (unpaired) electrons. The molecular formula is C8H12O2. The van der Waals surface area contributed by atoms with Gasteiger partial charge in [-0.1, -0.05) is 13.3 Å². The Labute approximate surface area is 60.6 Å². The minimum Gasteiger partial charge on any atom is -0.299 e. The third-order valence-corrected chi connectivity index (χ3v) is 1.94. The average Bonchev–Trinajstić information content (AvgIpc) is 2.13. The molecule has 1 saturated carbocycles. The van der Waals surface area contributed by atoms with Crippen LogP contribution in [0.3, 0.4) is 0 Å². The molecule has 2 nitrogen and oxygen atoms in total. The van der Waals surface area contributed by atoms with Crippen molar-refractivity contribution in [3.05, 3.63) is 0 Å². The van der Waals surface area contributed by atoms with E-state index in [0.717, 1.165) is 12.8 Å². The molecule has 0 N–H and O–H groups in total. The molecule has 1 rings (SSSR count). The number of ketones is 2. The summed E-state index contributed by atoms with van der Waals surface area (Å²) in [5.74, 6) is 0.354. The van der Waals surface area contributed by atoms with Gasteiger partial charge in [0.15, 0.2) is 0 Å². The maximum absolute atomic E-state index is 11.0. The lowest BCUT2D eigenvalue weighted by Gasteiger charge is -2.01. The summed E-state index contributed by atoms with van der Waals surface area (Å²) in [7, 11) is 0. The molecule has 1 unspecified atom stereocenters. The second-order valence-corrected chi connectivity index (χ2v) is 2.87. The fraction of sp³-hybridized carbons (Fsp3) is 0.750. The van der Waals surface area contributed by atoms with Gasteiger partial charge in [0.05, 0.1) is 6.42 Å². The van der Waals surface area contributed by atoms with Crippen LogP contribution in [0, 0.1) is 5.92 Å². The molecule has 0 bridgehead atoms. The first kappa shape index (κ1) is 7.45. The fourth-order valence-electron chi connectivity index (χ4n) is 1.41. The van der Waals surface area contributed by atoms with Crippen molar-refractivity contribution in [3.63, 3.8) is 0 Å². The van der Waals surface area contributed by atoms with E-state index in [1.807, 2.05) is 6.92 Å². The molecule has 0 aromatic rings. The SMILES string of the molecule is CCCC1CC(=O)CC1=O. The van der Waals surface area contributed by atoms with Crippen molar-refractivity contribution in [2.24, 2.45) is 5.92 Å². The summed E-state index contributed by atoms with van der Waals surface area (Å²) in [4.78, 5) is 21.7. The third kappa shape index (κ3) is 1.43. The fourth-order valence-corrected chi connectivity index (χ4v) is 1.41. The van der Waals surface area contributed by atoms with Crippen LogP contribution in [0.1, 0.15) is 32.6 Å². The molecule has 1 atom stereocenters. The first-order valence-corrected chi connectivity index (χ1v) is 3.78. The van der Waals surface area contributed by atoms with Crippen LogP contribution >= 0.6 is 0 Å². The highest BCUT2D eigenvalue weighted by Crippen LogP contribution is 2.22. The van der Waals surface area contributed by atoms with E-state index in [9.17, 15) is 9.59 Å². The van der Waals surface area contributed by atoms with Crippen molar-refractivity contribution in [2.45, 2.75) is 32.6 Å². The molecule has 56 valence electrons. The van der Waals surface area contributed by atoms with Crippen LogP contribution < -0.4 is 0 Å². The Morgan fingerprint density at radius 1 is 1.50 bits per heavy atom. The van der Waals surface area contributed by atoms with Crippen molar-refractivity contribution in [2.75, 3.05) is 0 Å². The number of rotatable bonds is 2. The summed E-state index contributed by atoms with van der Waals surface area (Å²) in [5.41, 5.74) is 0. The smallest absolute Gasteiger partial charge is 0.143 e. The zero-order valence-electron chi connectivity index (χ0n) is 6.22. The van der Waals surface area contributed by atoms with E-state index in [1.165, 1.54) is 0 Å². The zero-order valence-corrected chi connectivity index (χ0v) is 6.22. The molecule has 0 amide bonds. The Bertz CT molecular complexity index is 161. The molecular weight excluding hydrogens is 128 g/mol. The highest BCUT2D eigenvalue weighted by atomic mass is 16.2. The maximum atomic E-state index is 11.0. The number of hydrogen-bond donors (Lipinski definition) is 0. The predicted octanol–water partition coefficient (Wildman–Crippen LogP) is 1.33. The van der Waals surface area contributed by atoms with Crippen molar-refractivity contribution < 1.29 is 9.59 Å². The van der Waals surface area contributed by atoms with Gasteiger partial charge in [-0.15, -0.1) is 0 Å². The first-order chi connectivity index (χ1) is 4.74. The standard InChI is InChI=1S/C8H12O2/c1-2-3-6-4-7(9)5-8(6)10/h6H,2-5H2,1H3. The number of carbonyl (C=O) groups is 2. The van der Waals surface area contributed by atoms with Crippen molar-refractivity contribution in [1.29, 1.82) is 0 Å².